The molecule has 26 heavy (non-hydrogen) atoms. The topological polar surface area (TPSA) is 81.1 Å². The van der Waals surface area contributed by atoms with Gasteiger partial charge >= 0.3 is 0 Å². The number of carbonyl (C=O) groups excluding carboxylic acids is 1. The van der Waals surface area contributed by atoms with E-state index in [-0.39, 0.29) is 23.5 Å². The maximum absolute atomic E-state index is 12.4. The van der Waals surface area contributed by atoms with Crippen LogP contribution in [0.25, 0.3) is 5.69 Å². The molecule has 1 amide bonds. The molecule has 9 heteroatoms. The van der Waals surface area contributed by atoms with Crippen LogP contribution in [-0.4, -0.2) is 46.7 Å². The number of imidazole rings is 1. The lowest BCUT2D eigenvalue weighted by Crippen LogP contribution is -2.40. The second kappa shape index (κ2) is 7.62. The van der Waals surface area contributed by atoms with Crippen LogP contribution in [0.5, 0.6) is 0 Å². The predicted octanol–water partition coefficient (Wildman–Crippen LogP) is 2.62. The third-order valence-electron chi connectivity index (χ3n) is 4.34. The van der Waals surface area contributed by atoms with E-state index in [0.717, 1.165) is 11.3 Å². The summed E-state index contributed by atoms with van der Waals surface area (Å²) in [4.78, 5) is 16.8. The van der Waals surface area contributed by atoms with E-state index in [1.54, 1.807) is 13.1 Å². The Morgan fingerprint density at radius 3 is 2.92 bits per heavy atom. The van der Waals surface area contributed by atoms with Crippen LogP contribution in [0.4, 0.5) is 0 Å². The molecule has 2 aromatic rings. The van der Waals surface area contributed by atoms with E-state index in [2.05, 4.69) is 10.3 Å². The first-order chi connectivity index (χ1) is 12.3. The molecule has 0 radical (unpaired) electrons. The van der Waals surface area contributed by atoms with Crippen molar-refractivity contribution in [3.63, 3.8) is 0 Å². The number of nitrogens with one attached hydrogen (secondary N) is 1. The molecule has 1 fully saturated rings. The molecule has 1 aliphatic rings. The van der Waals surface area contributed by atoms with Crippen LogP contribution in [0, 0.1) is 6.92 Å². The van der Waals surface area contributed by atoms with Gasteiger partial charge in [-0.2, -0.15) is 0 Å². The van der Waals surface area contributed by atoms with E-state index in [1.165, 1.54) is 11.8 Å². The Morgan fingerprint density at radius 1 is 1.46 bits per heavy atom. The van der Waals surface area contributed by atoms with Gasteiger partial charge in [0.2, 0.25) is 5.91 Å². The summed E-state index contributed by atoms with van der Waals surface area (Å²) in [5.41, 5.74) is 1.84. The number of sulfone groups is 1. The fourth-order valence-electron chi connectivity index (χ4n) is 2.86. The molecule has 2 heterocycles. The van der Waals surface area contributed by atoms with E-state index < -0.39 is 15.1 Å². The van der Waals surface area contributed by atoms with Gasteiger partial charge in [0.25, 0.3) is 0 Å². The Labute approximate surface area is 162 Å². The summed E-state index contributed by atoms with van der Waals surface area (Å²) in [6.45, 7) is 3.72. The number of benzene rings is 1. The van der Waals surface area contributed by atoms with E-state index in [1.807, 2.05) is 35.9 Å². The van der Waals surface area contributed by atoms with Crippen LogP contribution in [-0.2, 0) is 14.6 Å². The minimum atomic E-state index is -3.02. The van der Waals surface area contributed by atoms with E-state index in [9.17, 15) is 13.2 Å². The van der Waals surface area contributed by atoms with Gasteiger partial charge in [-0.25, -0.2) is 13.4 Å². The monoisotopic (exact) mass is 413 g/mol. The number of rotatable bonds is 5. The first kappa shape index (κ1) is 19.3. The van der Waals surface area contributed by atoms with Crippen LogP contribution in [0.1, 0.15) is 18.9 Å². The van der Waals surface area contributed by atoms with Crippen LogP contribution in [0.15, 0.2) is 35.7 Å². The molecule has 1 saturated heterocycles. The van der Waals surface area contributed by atoms with Gasteiger partial charge in [0.15, 0.2) is 15.0 Å². The quantitative estimate of drug-likeness (QED) is 0.762. The number of hydrogen-bond donors (Lipinski definition) is 1. The van der Waals surface area contributed by atoms with Gasteiger partial charge in [-0.15, -0.1) is 0 Å². The van der Waals surface area contributed by atoms with Crippen LogP contribution in [0.2, 0.25) is 5.02 Å². The number of halogens is 1. The van der Waals surface area contributed by atoms with Gasteiger partial charge < -0.3 is 5.32 Å². The highest BCUT2D eigenvalue weighted by Crippen LogP contribution is 2.28. The smallest absolute Gasteiger partial charge is 0.233 e. The molecule has 2 atom stereocenters. The largest absolute Gasteiger partial charge is 0.351 e. The Balaban J connectivity index is 1.71. The Kier molecular flexibility index (Phi) is 5.64. The molecular formula is C17H20ClN3O3S2. The van der Waals surface area contributed by atoms with E-state index in [4.69, 9.17) is 11.6 Å². The summed E-state index contributed by atoms with van der Waals surface area (Å²) in [5, 5.41) is 3.77. The first-order valence-corrected chi connectivity index (χ1v) is 11.3. The number of amides is 1. The normalized spacial score (nSPS) is 20.0. The lowest BCUT2D eigenvalue weighted by molar-refractivity contribution is -0.120. The zero-order chi connectivity index (χ0) is 18.9. The maximum atomic E-state index is 12.4. The van der Waals surface area contributed by atoms with Crippen LogP contribution in [0.3, 0.4) is 0 Å². The van der Waals surface area contributed by atoms with Gasteiger partial charge in [-0.3, -0.25) is 9.36 Å². The second-order valence-electron chi connectivity index (χ2n) is 6.33. The van der Waals surface area contributed by atoms with Crippen molar-refractivity contribution in [1.29, 1.82) is 0 Å². The van der Waals surface area contributed by atoms with Gasteiger partial charge in [0.05, 0.1) is 22.4 Å². The Morgan fingerprint density at radius 2 is 2.23 bits per heavy atom. The van der Waals surface area contributed by atoms with Crippen molar-refractivity contribution in [2.24, 2.45) is 0 Å². The highest BCUT2D eigenvalue weighted by atomic mass is 35.5. The van der Waals surface area contributed by atoms with Crippen molar-refractivity contribution < 1.29 is 13.2 Å². The third kappa shape index (κ3) is 4.24. The summed E-state index contributed by atoms with van der Waals surface area (Å²) in [6, 6.07) is 5.35. The average molecular weight is 414 g/mol. The molecule has 3 rings (SSSR count). The number of hydrogen-bond acceptors (Lipinski definition) is 5. The van der Waals surface area contributed by atoms with Gasteiger partial charge in [0, 0.05) is 23.5 Å². The molecule has 0 bridgehead atoms. The minimum Gasteiger partial charge on any atom is -0.351 e. The zero-order valence-electron chi connectivity index (χ0n) is 14.5. The molecule has 1 aromatic carbocycles. The van der Waals surface area contributed by atoms with Crippen LogP contribution >= 0.6 is 23.4 Å². The molecule has 1 aliphatic heterocycles. The molecule has 1 aromatic heterocycles. The standard InChI is InChI=1S/C17H20ClN3O3S2/c1-11-14(18)4-3-5-15(11)21-8-7-19-17(21)25-12(2)16(22)20-13-6-9-26(23,24)10-13/h3-5,7-8,12-13H,6,9-10H2,1-2H3,(H,20,22). The summed E-state index contributed by atoms with van der Waals surface area (Å²) in [5.74, 6) is -0.0286. The Bertz CT molecular complexity index is 927. The minimum absolute atomic E-state index is 0.0203. The highest BCUT2D eigenvalue weighted by molar-refractivity contribution is 8.00. The molecule has 0 aliphatic carbocycles. The van der Waals surface area contributed by atoms with Crippen molar-refractivity contribution in [2.75, 3.05) is 11.5 Å². The van der Waals surface area contributed by atoms with Crippen molar-refractivity contribution >= 4 is 39.1 Å². The molecule has 2 unspecified atom stereocenters. The van der Waals surface area contributed by atoms with E-state index in [0.29, 0.717) is 16.6 Å². The van der Waals surface area contributed by atoms with Gasteiger partial charge in [-0.1, -0.05) is 29.4 Å². The highest BCUT2D eigenvalue weighted by Gasteiger charge is 2.30. The number of carbonyl (C=O) groups is 1. The average Bonchev–Trinajstić information content (AvgIpc) is 3.16. The molecule has 6 nitrogen and oxygen atoms in total. The Hall–Kier alpha value is -1.51. The number of aromatic nitrogens is 2. The molecule has 0 saturated carbocycles. The lowest BCUT2D eigenvalue weighted by atomic mass is 10.2. The fourth-order valence-corrected chi connectivity index (χ4v) is 5.59. The summed E-state index contributed by atoms with van der Waals surface area (Å²) in [6.07, 6.45) is 3.98. The van der Waals surface area contributed by atoms with Crippen LogP contribution < -0.4 is 5.32 Å². The van der Waals surface area contributed by atoms with E-state index >= 15 is 0 Å². The van der Waals surface area contributed by atoms with Gasteiger partial charge in [-0.05, 0) is 38.0 Å². The van der Waals surface area contributed by atoms with Crippen molar-refractivity contribution in [1.82, 2.24) is 14.9 Å². The fraction of sp³-hybridized carbons (Fsp3) is 0.412. The molecule has 140 valence electrons. The molecule has 1 N–H and O–H groups in total. The summed E-state index contributed by atoms with van der Waals surface area (Å²) < 4.78 is 25.0. The SMILES string of the molecule is Cc1c(Cl)cccc1-n1ccnc1SC(C)C(=O)NC1CCS(=O)(=O)C1. The van der Waals surface area contributed by atoms with Crippen molar-refractivity contribution in [3.8, 4) is 5.69 Å². The summed E-state index contributed by atoms with van der Waals surface area (Å²) in [7, 11) is -3.02. The first-order valence-electron chi connectivity index (χ1n) is 8.23. The second-order valence-corrected chi connectivity index (χ2v) is 10.3. The number of nitrogens with zero attached hydrogens (tertiary/aromatic N) is 2. The lowest BCUT2D eigenvalue weighted by Gasteiger charge is -2.17. The maximum Gasteiger partial charge on any atom is 0.233 e. The molecule has 0 spiro atoms. The zero-order valence-corrected chi connectivity index (χ0v) is 16.9. The number of thioether (sulfide) groups is 1. The van der Waals surface area contributed by atoms with Gasteiger partial charge in [0.1, 0.15) is 0 Å². The molecular weight excluding hydrogens is 394 g/mol. The van der Waals surface area contributed by atoms with Crippen molar-refractivity contribution in [3.05, 3.63) is 41.2 Å². The third-order valence-corrected chi connectivity index (χ3v) is 7.59. The van der Waals surface area contributed by atoms with Crippen molar-refractivity contribution in [2.45, 2.75) is 36.7 Å². The predicted molar refractivity (Wildman–Crippen MR) is 104 cm³/mol. The summed E-state index contributed by atoms with van der Waals surface area (Å²) >= 11 is 7.53.